The van der Waals surface area contributed by atoms with Gasteiger partial charge in [-0.1, -0.05) is 0 Å². The largest absolute Gasteiger partial charge is 0.395 e. The molecular formula is C12H19N3O3. The second-order valence-corrected chi connectivity index (χ2v) is 4.57. The standard InChI is InChI=1S/C12H19N3O3/c1-8-5-13-11(6-14(4)9(2)7-16)10(3)12(8)15(17)18/h5,9,16H,6-7H2,1-4H3. The maximum absolute atomic E-state index is 11.0. The van der Waals surface area contributed by atoms with Crippen molar-refractivity contribution in [3.05, 3.63) is 33.1 Å². The Morgan fingerprint density at radius 2 is 2.17 bits per heavy atom. The summed E-state index contributed by atoms with van der Waals surface area (Å²) in [4.78, 5) is 16.8. The number of aromatic nitrogens is 1. The zero-order valence-corrected chi connectivity index (χ0v) is 11.2. The molecule has 0 saturated heterocycles. The number of nitrogens with zero attached hydrogens (tertiary/aromatic N) is 3. The van der Waals surface area contributed by atoms with Crippen LogP contribution in [0.5, 0.6) is 0 Å². The van der Waals surface area contributed by atoms with Crippen LogP contribution in [0.25, 0.3) is 0 Å². The molecular weight excluding hydrogens is 234 g/mol. The first-order valence-corrected chi connectivity index (χ1v) is 5.79. The summed E-state index contributed by atoms with van der Waals surface area (Å²) in [5.74, 6) is 0. The molecule has 100 valence electrons. The van der Waals surface area contributed by atoms with Gasteiger partial charge < -0.3 is 5.11 Å². The summed E-state index contributed by atoms with van der Waals surface area (Å²) in [5, 5.41) is 20.1. The predicted molar refractivity (Wildman–Crippen MR) is 68.4 cm³/mol. The number of pyridine rings is 1. The Balaban J connectivity index is 3.05. The summed E-state index contributed by atoms with van der Waals surface area (Å²) in [6, 6.07) is -0.00782. The van der Waals surface area contributed by atoms with E-state index in [2.05, 4.69) is 4.98 Å². The minimum absolute atomic E-state index is 0.00782. The minimum Gasteiger partial charge on any atom is -0.395 e. The number of likely N-dealkylation sites (N-methyl/N-ethyl adjacent to an activating group) is 1. The van der Waals surface area contributed by atoms with Crippen molar-refractivity contribution < 1.29 is 10.0 Å². The fourth-order valence-corrected chi connectivity index (χ4v) is 1.74. The summed E-state index contributed by atoms with van der Waals surface area (Å²) in [5.41, 5.74) is 1.97. The second kappa shape index (κ2) is 5.88. The molecule has 0 aliphatic rings. The van der Waals surface area contributed by atoms with Crippen LogP contribution in [-0.4, -0.2) is 39.6 Å². The molecule has 0 aliphatic heterocycles. The molecule has 0 amide bonds. The number of hydrogen-bond donors (Lipinski definition) is 1. The van der Waals surface area contributed by atoms with E-state index >= 15 is 0 Å². The highest BCUT2D eigenvalue weighted by Crippen LogP contribution is 2.24. The quantitative estimate of drug-likeness (QED) is 0.634. The van der Waals surface area contributed by atoms with Gasteiger partial charge in [0, 0.05) is 29.9 Å². The number of rotatable bonds is 5. The molecule has 18 heavy (non-hydrogen) atoms. The average Bonchev–Trinajstić information content (AvgIpc) is 2.31. The molecule has 0 radical (unpaired) electrons. The van der Waals surface area contributed by atoms with Crippen LogP contribution in [0.3, 0.4) is 0 Å². The van der Waals surface area contributed by atoms with Crippen molar-refractivity contribution in [1.29, 1.82) is 0 Å². The van der Waals surface area contributed by atoms with Crippen LogP contribution >= 0.6 is 0 Å². The Hall–Kier alpha value is -1.53. The number of aryl methyl sites for hydroxylation is 1. The smallest absolute Gasteiger partial charge is 0.278 e. The molecule has 0 spiro atoms. The first-order valence-electron chi connectivity index (χ1n) is 5.79. The van der Waals surface area contributed by atoms with Crippen molar-refractivity contribution in [3.8, 4) is 0 Å². The van der Waals surface area contributed by atoms with Crippen LogP contribution < -0.4 is 0 Å². The van der Waals surface area contributed by atoms with Crippen LogP contribution in [0.4, 0.5) is 5.69 Å². The van der Waals surface area contributed by atoms with Gasteiger partial charge in [0.2, 0.25) is 0 Å². The van der Waals surface area contributed by atoms with Crippen molar-refractivity contribution in [2.45, 2.75) is 33.4 Å². The maximum Gasteiger partial charge on any atom is 0.278 e. The van der Waals surface area contributed by atoms with Gasteiger partial charge in [0.1, 0.15) is 0 Å². The molecule has 0 fully saturated rings. The summed E-state index contributed by atoms with van der Waals surface area (Å²) >= 11 is 0. The highest BCUT2D eigenvalue weighted by Gasteiger charge is 2.20. The van der Waals surface area contributed by atoms with E-state index in [1.165, 1.54) is 6.20 Å². The fraction of sp³-hybridized carbons (Fsp3) is 0.583. The van der Waals surface area contributed by atoms with Crippen molar-refractivity contribution in [1.82, 2.24) is 9.88 Å². The van der Waals surface area contributed by atoms with Gasteiger partial charge in [-0.3, -0.25) is 20.0 Å². The summed E-state index contributed by atoms with van der Waals surface area (Å²) in [7, 11) is 1.85. The van der Waals surface area contributed by atoms with Crippen LogP contribution in [-0.2, 0) is 6.54 Å². The lowest BCUT2D eigenvalue weighted by molar-refractivity contribution is -0.386. The summed E-state index contributed by atoms with van der Waals surface area (Å²) in [6.07, 6.45) is 1.53. The molecule has 1 aromatic rings. The van der Waals surface area contributed by atoms with E-state index in [-0.39, 0.29) is 23.3 Å². The number of hydrogen-bond acceptors (Lipinski definition) is 5. The first-order chi connectivity index (χ1) is 8.38. The highest BCUT2D eigenvalue weighted by atomic mass is 16.6. The molecule has 1 heterocycles. The van der Waals surface area contributed by atoms with Gasteiger partial charge in [0.05, 0.1) is 17.2 Å². The van der Waals surface area contributed by atoms with Crippen LogP contribution in [0.15, 0.2) is 6.20 Å². The normalized spacial score (nSPS) is 12.8. The van der Waals surface area contributed by atoms with Crippen molar-refractivity contribution in [2.75, 3.05) is 13.7 Å². The molecule has 0 aliphatic carbocycles. The molecule has 1 N–H and O–H groups in total. The van der Waals surface area contributed by atoms with Crippen LogP contribution in [0, 0.1) is 24.0 Å². The zero-order valence-electron chi connectivity index (χ0n) is 11.2. The molecule has 0 saturated carbocycles. The maximum atomic E-state index is 11.0. The predicted octanol–water partition coefficient (Wildman–Crippen LogP) is 1.42. The fourth-order valence-electron chi connectivity index (χ4n) is 1.74. The van der Waals surface area contributed by atoms with Crippen LogP contribution in [0.1, 0.15) is 23.7 Å². The molecule has 0 bridgehead atoms. The highest BCUT2D eigenvalue weighted by molar-refractivity contribution is 5.47. The summed E-state index contributed by atoms with van der Waals surface area (Å²) in [6.45, 7) is 5.81. The SMILES string of the molecule is Cc1cnc(CN(C)C(C)CO)c(C)c1[N+](=O)[O-]. The van der Waals surface area contributed by atoms with E-state index < -0.39 is 0 Å². The molecule has 1 atom stereocenters. The third-order valence-electron chi connectivity index (χ3n) is 3.17. The van der Waals surface area contributed by atoms with Gasteiger partial charge in [-0.25, -0.2) is 0 Å². The van der Waals surface area contributed by atoms with Gasteiger partial charge in [-0.15, -0.1) is 0 Å². The molecule has 0 aromatic carbocycles. The van der Waals surface area contributed by atoms with Gasteiger partial charge in [-0.2, -0.15) is 0 Å². The Morgan fingerprint density at radius 3 is 2.67 bits per heavy atom. The van der Waals surface area contributed by atoms with Gasteiger partial charge >= 0.3 is 0 Å². The second-order valence-electron chi connectivity index (χ2n) is 4.57. The van der Waals surface area contributed by atoms with Crippen LogP contribution in [0.2, 0.25) is 0 Å². The van der Waals surface area contributed by atoms with E-state index in [9.17, 15) is 10.1 Å². The van der Waals surface area contributed by atoms with Crippen molar-refractivity contribution >= 4 is 5.69 Å². The van der Waals surface area contributed by atoms with Gasteiger partial charge in [0.15, 0.2) is 0 Å². The number of aliphatic hydroxyl groups excluding tert-OH is 1. The third-order valence-corrected chi connectivity index (χ3v) is 3.17. The Labute approximate surface area is 106 Å². The molecule has 1 rings (SSSR count). The summed E-state index contributed by atoms with van der Waals surface area (Å²) < 4.78 is 0. The van der Waals surface area contributed by atoms with Gasteiger partial charge in [-0.05, 0) is 27.8 Å². The Kier molecular flexibility index (Phi) is 4.75. The Bertz CT molecular complexity index is 448. The molecule has 1 unspecified atom stereocenters. The lowest BCUT2D eigenvalue weighted by atomic mass is 10.1. The van der Waals surface area contributed by atoms with Crippen molar-refractivity contribution in [2.24, 2.45) is 0 Å². The molecule has 6 nitrogen and oxygen atoms in total. The average molecular weight is 253 g/mol. The monoisotopic (exact) mass is 253 g/mol. The van der Waals surface area contributed by atoms with E-state index in [0.29, 0.717) is 23.4 Å². The van der Waals surface area contributed by atoms with E-state index in [0.717, 1.165) is 0 Å². The van der Waals surface area contributed by atoms with Gasteiger partial charge in [0.25, 0.3) is 5.69 Å². The number of aliphatic hydroxyl groups is 1. The molecule has 1 aromatic heterocycles. The third kappa shape index (κ3) is 3.02. The van der Waals surface area contributed by atoms with E-state index in [1.807, 2.05) is 18.9 Å². The van der Waals surface area contributed by atoms with E-state index in [1.54, 1.807) is 13.8 Å². The molecule has 6 heteroatoms. The lowest BCUT2D eigenvalue weighted by Gasteiger charge is -2.23. The van der Waals surface area contributed by atoms with E-state index in [4.69, 9.17) is 5.11 Å². The topological polar surface area (TPSA) is 79.5 Å². The first kappa shape index (κ1) is 14.5. The minimum atomic E-state index is -0.370. The Morgan fingerprint density at radius 1 is 1.56 bits per heavy atom. The number of nitro groups is 1. The zero-order chi connectivity index (χ0) is 13.9. The van der Waals surface area contributed by atoms with Crippen molar-refractivity contribution in [3.63, 3.8) is 0 Å². The lowest BCUT2D eigenvalue weighted by Crippen LogP contribution is -2.32.